The number of benzene rings is 9. The van der Waals surface area contributed by atoms with E-state index in [1.165, 1.54) is 21.3 Å². The lowest BCUT2D eigenvalue weighted by molar-refractivity contribution is 0.670. The second-order valence-electron chi connectivity index (χ2n) is 15.6. The van der Waals surface area contributed by atoms with Gasteiger partial charge in [0.1, 0.15) is 17.0 Å². The predicted octanol–water partition coefficient (Wildman–Crippen LogP) is 15.6. The van der Waals surface area contributed by atoms with E-state index in [2.05, 4.69) is 4.57 Å². The van der Waals surface area contributed by atoms with Gasteiger partial charge in [0.2, 0.25) is 0 Å². The Morgan fingerprint density at radius 3 is 1.62 bits per heavy atom. The van der Waals surface area contributed by atoms with Crippen LogP contribution in [0.5, 0.6) is 0 Å². The van der Waals surface area contributed by atoms with Gasteiger partial charge < -0.3 is 13.6 Å². The first-order valence-electron chi connectivity index (χ1n) is 28.1. The van der Waals surface area contributed by atoms with Crippen molar-refractivity contribution >= 4 is 87.4 Å². The molecule has 0 atom stereocenters. The smallest absolute Gasteiger partial charge is 0.143 e. The molecule has 0 aliphatic carbocycles. The lowest BCUT2D eigenvalue weighted by atomic mass is 9.93. The molecule has 0 aliphatic rings. The molecule has 14 rings (SSSR count). The number of nitrogens with zero attached hydrogens (tertiary/aromatic N) is 4. The molecule has 0 bridgehead atoms. The highest BCUT2D eigenvalue weighted by Crippen LogP contribution is 2.45. The maximum absolute atomic E-state index is 9.53. The zero-order chi connectivity index (χ0) is 54.9. The van der Waals surface area contributed by atoms with Gasteiger partial charge in [0.15, 0.2) is 0 Å². The first-order chi connectivity index (χ1) is 38.0. The van der Waals surface area contributed by atoms with Gasteiger partial charge in [-0.3, -0.25) is 4.57 Å². The van der Waals surface area contributed by atoms with Crippen LogP contribution in [0.4, 0.5) is 0 Å². The first kappa shape index (κ1) is 23.5. The summed E-state index contributed by atoms with van der Waals surface area (Å²) in [6.07, 6.45) is 0. The van der Waals surface area contributed by atoms with Crippen LogP contribution in [0.3, 0.4) is 0 Å². The molecule has 9 aromatic carbocycles. The van der Waals surface area contributed by atoms with Gasteiger partial charge in [0, 0.05) is 60.3 Å². The third kappa shape index (κ3) is 4.92. The fourth-order valence-corrected chi connectivity index (χ4v) is 9.63. The highest BCUT2D eigenvalue weighted by molar-refractivity contribution is 6.14. The Morgan fingerprint density at radius 2 is 0.922 bits per heavy atom. The van der Waals surface area contributed by atoms with E-state index >= 15 is 0 Å². The van der Waals surface area contributed by atoms with Crippen LogP contribution in [0, 0.1) is 0 Å². The van der Waals surface area contributed by atoms with E-state index in [9.17, 15) is 9.60 Å². The first-order valence-corrected chi connectivity index (χ1v) is 20.6. The van der Waals surface area contributed by atoms with Crippen LogP contribution in [0.2, 0.25) is 0 Å². The number of para-hydroxylation sites is 8. The Morgan fingerprint density at radius 1 is 0.391 bits per heavy atom. The van der Waals surface area contributed by atoms with Crippen molar-refractivity contribution < 1.29 is 25.0 Å². The summed E-state index contributed by atoms with van der Waals surface area (Å²) in [7, 11) is 0. The van der Waals surface area contributed by atoms with E-state index in [1.54, 1.807) is 6.07 Å². The van der Waals surface area contributed by atoms with Crippen LogP contribution in [0.25, 0.3) is 127 Å². The molecule has 0 saturated heterocycles. The number of fused-ring (bicyclic) bond motifs is 12. The molecule has 0 unspecified atom stereocenters. The Labute approximate surface area is 388 Å². The molecule has 298 valence electrons. The molecule has 0 radical (unpaired) electrons. The minimum atomic E-state index is -0.639. The average molecular weight is 832 g/mol. The fraction of sp³-hybridized carbons (Fsp3) is 0. The number of hydrogen-bond acceptors (Lipinski definition) is 2. The summed E-state index contributed by atoms with van der Waals surface area (Å²) in [6, 6.07) is 31.2. The third-order valence-electron chi connectivity index (χ3n) is 12.2. The lowest BCUT2D eigenvalue weighted by Crippen LogP contribution is -2.06. The number of hydrogen-bond donors (Lipinski definition) is 0. The molecule has 0 N–H and O–H groups in total. The van der Waals surface area contributed by atoms with Gasteiger partial charge in [0.25, 0.3) is 0 Å². The zero-order valence-electron chi connectivity index (χ0n) is 48.3. The maximum atomic E-state index is 9.53. The van der Waals surface area contributed by atoms with Crippen molar-refractivity contribution in [3.8, 4) is 39.6 Å². The summed E-state index contributed by atoms with van der Waals surface area (Å²) in [5.41, 5.74) is 4.84. The fourth-order valence-electron chi connectivity index (χ4n) is 9.63. The second-order valence-corrected chi connectivity index (χ2v) is 15.6. The molecule has 0 fully saturated rings. The van der Waals surface area contributed by atoms with Crippen LogP contribution in [-0.2, 0) is 0 Å². The van der Waals surface area contributed by atoms with Crippen LogP contribution >= 0.6 is 0 Å². The molecule has 64 heavy (non-hydrogen) atoms. The van der Waals surface area contributed by atoms with Crippen molar-refractivity contribution in [3.05, 3.63) is 218 Å². The van der Waals surface area contributed by atoms with Gasteiger partial charge in [-0.2, -0.15) is 0 Å². The van der Waals surface area contributed by atoms with E-state index in [4.69, 9.17) is 20.4 Å². The van der Waals surface area contributed by atoms with Crippen LogP contribution in [-0.4, -0.2) is 18.7 Å². The SMILES string of the molecule is [2H]c1cc2c(c([2H])c1[2H])c1c([2H])c([2H])c([2H])c([2H])c1n2-c1cc(-n2c3c([2H])c([2H])c([2H])c([2H])c3c3c([2H])c([2H])c([2H])c([2H])c32)cc(-c2c(-c3cccc4c3oc3ccccc34)cccc2-n2c3ccccc3c3ccccc32)n1. The largest absolute Gasteiger partial charge is 0.455 e. The quantitative estimate of drug-likeness (QED) is 0.173. The molecule has 5 aromatic heterocycles. The van der Waals surface area contributed by atoms with Gasteiger partial charge in [-0.1, -0.05) is 157 Å². The molecule has 0 spiro atoms. The Balaban J connectivity index is 1.24. The molecule has 5 nitrogen and oxygen atoms in total. The van der Waals surface area contributed by atoms with E-state index < -0.39 is 84.6 Å². The number of furan rings is 1. The lowest BCUT2D eigenvalue weighted by Gasteiger charge is -2.20. The Hall–Kier alpha value is -8.67. The van der Waals surface area contributed by atoms with Gasteiger partial charge in [-0.15, -0.1) is 0 Å². The van der Waals surface area contributed by atoms with Crippen molar-refractivity contribution in [2.75, 3.05) is 0 Å². The van der Waals surface area contributed by atoms with Crippen molar-refractivity contribution in [3.63, 3.8) is 0 Å². The Bertz CT molecular complexity index is 4980. The second kappa shape index (κ2) is 13.4. The van der Waals surface area contributed by atoms with Crippen molar-refractivity contribution in [2.24, 2.45) is 0 Å². The number of pyridine rings is 1. The van der Waals surface area contributed by atoms with Crippen molar-refractivity contribution in [1.82, 2.24) is 18.7 Å². The minimum absolute atomic E-state index is 0.0256. The predicted molar refractivity (Wildman–Crippen MR) is 265 cm³/mol. The summed E-state index contributed by atoms with van der Waals surface area (Å²) < 4.78 is 148. The molecule has 0 aliphatic heterocycles. The summed E-state index contributed by atoms with van der Waals surface area (Å²) in [6.45, 7) is 0. The van der Waals surface area contributed by atoms with Crippen LogP contribution in [0.1, 0.15) is 20.6 Å². The Kier molecular flexibility index (Phi) is 4.93. The average Bonchev–Trinajstić information content (AvgIpc) is 4.37. The van der Waals surface area contributed by atoms with Crippen molar-refractivity contribution in [2.45, 2.75) is 0 Å². The molecule has 0 saturated carbocycles. The molecule has 5 heterocycles. The van der Waals surface area contributed by atoms with Gasteiger partial charge >= 0.3 is 0 Å². The van der Waals surface area contributed by atoms with E-state index in [0.29, 0.717) is 33.5 Å². The van der Waals surface area contributed by atoms with E-state index in [0.717, 1.165) is 32.6 Å². The third-order valence-corrected chi connectivity index (χ3v) is 12.2. The monoisotopic (exact) mass is 831 g/mol. The molecule has 5 heteroatoms. The number of aromatic nitrogens is 4. The number of rotatable bonds is 5. The summed E-state index contributed by atoms with van der Waals surface area (Å²) >= 11 is 0. The highest BCUT2D eigenvalue weighted by atomic mass is 16.3. The maximum Gasteiger partial charge on any atom is 0.143 e. The van der Waals surface area contributed by atoms with E-state index in [1.807, 2.05) is 109 Å². The molecule has 14 aromatic rings. The normalized spacial score (nSPS) is 15.3. The van der Waals surface area contributed by atoms with E-state index in [-0.39, 0.29) is 66.9 Å². The summed E-state index contributed by atoms with van der Waals surface area (Å²) in [5, 5.41) is 3.05. The van der Waals surface area contributed by atoms with Crippen LogP contribution in [0.15, 0.2) is 222 Å². The standard InChI is InChI=1S/C59H36N4O/c1-8-27-49-38(17-1)39-18-2-9-28-50(39)61(49)37-35-48(60-57(36-37)63-53-31-12-5-21-42(53)43-22-6-13-32-54(43)63)58-45(47-26-15-25-46-44-23-7-14-34-56(44)64-59(46)47)24-16-33-55(58)62-51-29-10-3-19-40(51)41-20-4-11-30-52(41)62/h1-36H/i1D,2D,5D,6D,8D,9D,12D,13D,17D,18D,21D,22D,27D,28D,31D. The van der Waals surface area contributed by atoms with Gasteiger partial charge in [-0.05, 0) is 60.1 Å². The molecule has 0 amide bonds. The van der Waals surface area contributed by atoms with Gasteiger partial charge in [0.05, 0.1) is 70.7 Å². The highest BCUT2D eigenvalue weighted by Gasteiger charge is 2.25. The summed E-state index contributed by atoms with van der Waals surface area (Å²) in [4.78, 5) is 5.49. The molecular formula is C59H36N4O. The summed E-state index contributed by atoms with van der Waals surface area (Å²) in [5.74, 6) is -0.0874. The van der Waals surface area contributed by atoms with Gasteiger partial charge in [-0.25, -0.2) is 4.98 Å². The minimum Gasteiger partial charge on any atom is -0.455 e. The van der Waals surface area contributed by atoms with Crippen molar-refractivity contribution in [1.29, 1.82) is 0 Å². The zero-order valence-corrected chi connectivity index (χ0v) is 33.3. The molecular weight excluding hydrogens is 781 g/mol. The topological polar surface area (TPSA) is 40.8 Å². The van der Waals surface area contributed by atoms with Crippen LogP contribution < -0.4 is 0 Å².